The lowest BCUT2D eigenvalue weighted by molar-refractivity contribution is -0.138. The van der Waals surface area contributed by atoms with Gasteiger partial charge >= 0.3 is 6.18 Å². The molecule has 1 N–H and O–H groups in total. The molecule has 2 aromatic heterocycles. The number of piperidine rings is 1. The SMILES string of the molecule is O=C(NCc1ccn2ccnc2c1)c1ccc(C2CCN(C(=O)c3ccccc3C(F)(F)F)CC2)cc1. The first-order chi connectivity index (χ1) is 17.8. The highest BCUT2D eigenvalue weighted by Gasteiger charge is 2.36. The van der Waals surface area contributed by atoms with E-state index in [9.17, 15) is 22.8 Å². The number of carbonyl (C=O) groups excluding carboxylic acids is 2. The van der Waals surface area contributed by atoms with E-state index < -0.39 is 17.6 Å². The molecular formula is C28H25F3N4O2. The maximum absolute atomic E-state index is 13.3. The number of benzene rings is 2. The number of pyridine rings is 1. The summed E-state index contributed by atoms with van der Waals surface area (Å²) in [5, 5.41) is 2.92. The minimum Gasteiger partial charge on any atom is -0.348 e. The van der Waals surface area contributed by atoms with Crippen molar-refractivity contribution in [3.8, 4) is 0 Å². The van der Waals surface area contributed by atoms with Gasteiger partial charge < -0.3 is 14.6 Å². The predicted molar refractivity (Wildman–Crippen MR) is 132 cm³/mol. The van der Waals surface area contributed by atoms with Crippen LogP contribution in [0, 0.1) is 0 Å². The number of aromatic nitrogens is 2. The van der Waals surface area contributed by atoms with Crippen LogP contribution in [0.2, 0.25) is 0 Å². The Labute approximate surface area is 211 Å². The first-order valence-corrected chi connectivity index (χ1v) is 12.0. The van der Waals surface area contributed by atoms with Gasteiger partial charge in [-0.1, -0.05) is 24.3 Å². The highest BCUT2D eigenvalue weighted by atomic mass is 19.4. The van der Waals surface area contributed by atoms with Gasteiger partial charge in [-0.15, -0.1) is 0 Å². The van der Waals surface area contributed by atoms with Gasteiger partial charge in [-0.3, -0.25) is 9.59 Å². The van der Waals surface area contributed by atoms with Gasteiger partial charge in [0, 0.05) is 43.8 Å². The summed E-state index contributed by atoms with van der Waals surface area (Å²) in [5.74, 6) is -0.607. The van der Waals surface area contributed by atoms with Crippen molar-refractivity contribution in [3.63, 3.8) is 0 Å². The average molecular weight is 507 g/mol. The van der Waals surface area contributed by atoms with Crippen LogP contribution in [0.25, 0.3) is 5.65 Å². The largest absolute Gasteiger partial charge is 0.417 e. The van der Waals surface area contributed by atoms with Crippen molar-refractivity contribution in [1.29, 1.82) is 0 Å². The highest BCUT2D eigenvalue weighted by Crippen LogP contribution is 2.34. The number of carbonyl (C=O) groups is 2. The minimum absolute atomic E-state index is 0.167. The molecule has 6 nitrogen and oxygen atoms in total. The number of hydrogen-bond acceptors (Lipinski definition) is 3. The van der Waals surface area contributed by atoms with Crippen molar-refractivity contribution < 1.29 is 22.8 Å². The van der Waals surface area contributed by atoms with Crippen molar-refractivity contribution >= 4 is 17.5 Å². The lowest BCUT2D eigenvalue weighted by atomic mass is 9.88. The second-order valence-corrected chi connectivity index (χ2v) is 9.14. The van der Waals surface area contributed by atoms with E-state index >= 15 is 0 Å². The van der Waals surface area contributed by atoms with Crippen LogP contribution in [0.15, 0.2) is 79.3 Å². The van der Waals surface area contributed by atoms with Crippen LogP contribution in [-0.2, 0) is 12.7 Å². The second-order valence-electron chi connectivity index (χ2n) is 9.14. The third kappa shape index (κ3) is 5.35. The van der Waals surface area contributed by atoms with E-state index in [0.717, 1.165) is 22.8 Å². The molecule has 9 heteroatoms. The maximum atomic E-state index is 13.3. The number of imidazole rings is 1. The van der Waals surface area contributed by atoms with Crippen LogP contribution in [0.1, 0.15) is 56.2 Å². The van der Waals surface area contributed by atoms with E-state index in [1.807, 2.05) is 41.1 Å². The molecule has 5 rings (SSSR count). The lowest BCUT2D eigenvalue weighted by Crippen LogP contribution is -2.38. The molecule has 0 bridgehead atoms. The van der Waals surface area contributed by atoms with Crippen molar-refractivity contribution in [2.24, 2.45) is 0 Å². The molecule has 0 radical (unpaired) electrons. The van der Waals surface area contributed by atoms with Crippen LogP contribution in [-0.4, -0.2) is 39.2 Å². The summed E-state index contributed by atoms with van der Waals surface area (Å²) in [7, 11) is 0. The molecule has 1 aliphatic rings. The minimum atomic E-state index is -4.58. The Hall–Kier alpha value is -4.14. The zero-order chi connectivity index (χ0) is 26.0. The molecule has 190 valence electrons. The van der Waals surface area contributed by atoms with Crippen molar-refractivity contribution in [2.75, 3.05) is 13.1 Å². The summed E-state index contributed by atoms with van der Waals surface area (Å²) in [6.45, 7) is 1.13. The summed E-state index contributed by atoms with van der Waals surface area (Å²) >= 11 is 0. The average Bonchev–Trinajstić information content (AvgIpc) is 3.39. The van der Waals surface area contributed by atoms with Gasteiger partial charge in [0.25, 0.3) is 11.8 Å². The van der Waals surface area contributed by atoms with Gasteiger partial charge in [-0.05, 0) is 66.3 Å². The Balaban J connectivity index is 1.16. The number of fused-ring (bicyclic) bond motifs is 1. The molecule has 1 saturated heterocycles. The number of likely N-dealkylation sites (tertiary alicyclic amines) is 1. The summed E-state index contributed by atoms with van der Waals surface area (Å²) in [4.78, 5) is 31.2. The molecule has 0 atom stereocenters. The summed E-state index contributed by atoms with van der Waals surface area (Å²) in [6.07, 6.45) is 2.17. The Morgan fingerprint density at radius 3 is 2.43 bits per heavy atom. The molecule has 1 aliphatic heterocycles. The fourth-order valence-electron chi connectivity index (χ4n) is 4.76. The highest BCUT2D eigenvalue weighted by molar-refractivity contribution is 5.96. The lowest BCUT2D eigenvalue weighted by Gasteiger charge is -2.33. The Kier molecular flexibility index (Phi) is 6.69. The van der Waals surface area contributed by atoms with Crippen LogP contribution >= 0.6 is 0 Å². The normalized spacial score (nSPS) is 14.6. The van der Waals surface area contributed by atoms with E-state index in [0.29, 0.717) is 38.0 Å². The first-order valence-electron chi connectivity index (χ1n) is 12.0. The third-order valence-electron chi connectivity index (χ3n) is 6.80. The molecule has 0 spiro atoms. The Bertz CT molecular complexity index is 1420. The molecule has 0 saturated carbocycles. The quantitative estimate of drug-likeness (QED) is 0.399. The number of nitrogens with one attached hydrogen (secondary N) is 1. The molecule has 2 amide bonds. The first kappa shape index (κ1) is 24.5. The molecule has 4 aromatic rings. The van der Waals surface area contributed by atoms with Crippen molar-refractivity contribution in [3.05, 3.63) is 107 Å². The fourth-order valence-corrected chi connectivity index (χ4v) is 4.76. The van der Waals surface area contributed by atoms with Crippen LogP contribution in [0.4, 0.5) is 13.2 Å². The van der Waals surface area contributed by atoms with E-state index in [4.69, 9.17) is 0 Å². The standard InChI is InChI=1S/C28H25F3N4O2/c29-28(30,31)24-4-2-1-3-23(24)27(37)35-14-10-21(11-15-35)20-5-7-22(8-6-20)26(36)33-18-19-9-13-34-16-12-32-25(34)17-19/h1-9,12-13,16-17,21H,10-11,14-15,18H2,(H,33,36). The van der Waals surface area contributed by atoms with Crippen LogP contribution < -0.4 is 5.32 Å². The number of nitrogens with zero attached hydrogens (tertiary/aromatic N) is 3. The van der Waals surface area contributed by atoms with E-state index in [2.05, 4.69) is 10.3 Å². The van der Waals surface area contributed by atoms with E-state index in [-0.39, 0.29) is 17.4 Å². The maximum Gasteiger partial charge on any atom is 0.417 e. The Morgan fingerprint density at radius 1 is 0.973 bits per heavy atom. The fraction of sp³-hybridized carbons (Fsp3) is 0.250. The van der Waals surface area contributed by atoms with E-state index in [1.165, 1.54) is 23.1 Å². The Morgan fingerprint density at radius 2 is 1.70 bits per heavy atom. The number of alkyl halides is 3. The van der Waals surface area contributed by atoms with Gasteiger partial charge in [0.15, 0.2) is 0 Å². The molecule has 1 fully saturated rings. The topological polar surface area (TPSA) is 66.7 Å². The molecular weight excluding hydrogens is 481 g/mol. The van der Waals surface area contributed by atoms with Gasteiger partial charge in [0.2, 0.25) is 0 Å². The second kappa shape index (κ2) is 10.1. The van der Waals surface area contributed by atoms with Gasteiger partial charge in [0.1, 0.15) is 5.65 Å². The smallest absolute Gasteiger partial charge is 0.348 e. The molecule has 2 aromatic carbocycles. The van der Waals surface area contributed by atoms with Gasteiger partial charge in [-0.25, -0.2) is 4.98 Å². The molecule has 0 unspecified atom stereocenters. The van der Waals surface area contributed by atoms with Gasteiger partial charge in [0.05, 0.1) is 11.1 Å². The zero-order valence-electron chi connectivity index (χ0n) is 19.9. The summed E-state index contributed by atoms with van der Waals surface area (Å²) in [6, 6.07) is 16.1. The summed E-state index contributed by atoms with van der Waals surface area (Å²) in [5.41, 5.74) is 2.13. The van der Waals surface area contributed by atoms with E-state index in [1.54, 1.807) is 18.3 Å². The molecule has 3 heterocycles. The number of halogens is 3. The number of amides is 2. The monoisotopic (exact) mass is 506 g/mol. The number of hydrogen-bond donors (Lipinski definition) is 1. The zero-order valence-corrected chi connectivity index (χ0v) is 19.9. The van der Waals surface area contributed by atoms with Crippen LogP contribution in [0.3, 0.4) is 0 Å². The number of rotatable bonds is 5. The summed E-state index contributed by atoms with van der Waals surface area (Å²) < 4.78 is 41.9. The third-order valence-corrected chi connectivity index (χ3v) is 6.80. The van der Waals surface area contributed by atoms with Crippen LogP contribution in [0.5, 0.6) is 0 Å². The van der Waals surface area contributed by atoms with Crippen molar-refractivity contribution in [2.45, 2.75) is 31.5 Å². The predicted octanol–water partition coefficient (Wildman–Crippen LogP) is 5.30. The molecule has 37 heavy (non-hydrogen) atoms. The molecule has 0 aliphatic carbocycles. The van der Waals surface area contributed by atoms with Gasteiger partial charge in [-0.2, -0.15) is 13.2 Å². The van der Waals surface area contributed by atoms with Crippen molar-refractivity contribution in [1.82, 2.24) is 19.6 Å².